The van der Waals surface area contributed by atoms with Gasteiger partial charge in [-0.15, -0.1) is 0 Å². The third-order valence-electron chi connectivity index (χ3n) is 4.41. The molecule has 1 aliphatic rings. The van der Waals surface area contributed by atoms with Crippen molar-refractivity contribution in [2.24, 2.45) is 12.8 Å². The highest BCUT2D eigenvalue weighted by Crippen LogP contribution is 2.26. The Hall–Kier alpha value is -1.65. The van der Waals surface area contributed by atoms with Gasteiger partial charge in [-0.3, -0.25) is 9.58 Å². The molecule has 21 heavy (non-hydrogen) atoms. The van der Waals surface area contributed by atoms with E-state index in [1.54, 1.807) is 0 Å². The lowest BCUT2D eigenvalue weighted by Gasteiger charge is -2.32. The summed E-state index contributed by atoms with van der Waals surface area (Å²) in [7, 11) is 1.96. The van der Waals surface area contributed by atoms with Gasteiger partial charge in [-0.1, -0.05) is 24.3 Å². The molecule has 0 aliphatic carbocycles. The summed E-state index contributed by atoms with van der Waals surface area (Å²) in [6.07, 6.45) is 6.23. The van der Waals surface area contributed by atoms with Crippen LogP contribution in [0.5, 0.6) is 0 Å². The lowest BCUT2D eigenvalue weighted by molar-refractivity contribution is 0.184. The van der Waals surface area contributed by atoms with Crippen LogP contribution in [-0.4, -0.2) is 33.8 Å². The van der Waals surface area contributed by atoms with Gasteiger partial charge in [-0.25, -0.2) is 0 Å². The fraction of sp³-hybridized carbons (Fsp3) is 0.471. The van der Waals surface area contributed by atoms with Crippen molar-refractivity contribution in [2.75, 3.05) is 13.1 Å². The smallest absolute Gasteiger partial charge is 0.0538 e. The van der Waals surface area contributed by atoms with Crippen molar-refractivity contribution in [3.8, 4) is 0 Å². The van der Waals surface area contributed by atoms with Crippen molar-refractivity contribution < 1.29 is 0 Å². The first-order valence-corrected chi connectivity index (χ1v) is 7.70. The molecule has 0 bridgehead atoms. The van der Waals surface area contributed by atoms with Gasteiger partial charge < -0.3 is 5.73 Å². The molecule has 1 aromatic carbocycles. The van der Waals surface area contributed by atoms with Crippen molar-refractivity contribution >= 4 is 0 Å². The second-order valence-electron chi connectivity index (χ2n) is 6.06. The number of hydrogen-bond acceptors (Lipinski definition) is 3. The van der Waals surface area contributed by atoms with Crippen molar-refractivity contribution in [3.05, 3.63) is 53.3 Å². The lowest BCUT2D eigenvalue weighted by Crippen LogP contribution is -2.40. The minimum Gasteiger partial charge on any atom is -0.326 e. The van der Waals surface area contributed by atoms with Crippen molar-refractivity contribution in [3.63, 3.8) is 0 Å². The third-order valence-corrected chi connectivity index (χ3v) is 4.41. The molecule has 0 amide bonds. The van der Waals surface area contributed by atoms with Gasteiger partial charge in [0.05, 0.1) is 12.2 Å². The predicted molar refractivity (Wildman–Crippen MR) is 85.0 cm³/mol. The zero-order valence-electron chi connectivity index (χ0n) is 12.9. The van der Waals surface area contributed by atoms with Crippen molar-refractivity contribution in [1.29, 1.82) is 0 Å². The monoisotopic (exact) mass is 284 g/mol. The molecule has 0 radical (unpaired) electrons. The molecular weight excluding hydrogens is 260 g/mol. The first-order valence-electron chi connectivity index (χ1n) is 7.70. The molecule has 0 fully saturated rings. The molecule has 1 aliphatic heterocycles. The van der Waals surface area contributed by atoms with Crippen LogP contribution in [0.25, 0.3) is 0 Å². The lowest BCUT2D eigenvalue weighted by atomic mass is 10.0. The standard InChI is InChI=1S/C17H24N4/c1-13(18)17(16-11-19-20(2)12-16)21-9-7-14-5-3-4-6-15(14)8-10-21/h3-6,11-13,17H,7-10,18H2,1-2H3. The molecule has 2 atom stereocenters. The van der Waals surface area contributed by atoms with Crippen LogP contribution in [0.2, 0.25) is 0 Å². The molecule has 2 unspecified atom stereocenters. The average Bonchev–Trinajstić information content (AvgIpc) is 2.76. The van der Waals surface area contributed by atoms with Crippen LogP contribution in [0.4, 0.5) is 0 Å². The summed E-state index contributed by atoms with van der Waals surface area (Å²) in [6, 6.07) is 9.12. The van der Waals surface area contributed by atoms with E-state index in [1.807, 2.05) is 17.9 Å². The molecule has 0 saturated carbocycles. The molecule has 1 aromatic heterocycles. The van der Waals surface area contributed by atoms with Gasteiger partial charge in [0, 0.05) is 37.9 Å². The topological polar surface area (TPSA) is 47.1 Å². The molecule has 3 rings (SSSR count). The Balaban J connectivity index is 1.82. The van der Waals surface area contributed by atoms with Gasteiger partial charge in [0.1, 0.15) is 0 Å². The summed E-state index contributed by atoms with van der Waals surface area (Å²) in [4.78, 5) is 2.52. The van der Waals surface area contributed by atoms with E-state index in [-0.39, 0.29) is 12.1 Å². The number of hydrogen-bond donors (Lipinski definition) is 1. The Kier molecular flexibility index (Phi) is 4.08. The largest absolute Gasteiger partial charge is 0.326 e. The Labute approximate surface area is 126 Å². The molecule has 2 aromatic rings. The van der Waals surface area contributed by atoms with Gasteiger partial charge in [-0.05, 0) is 30.9 Å². The van der Waals surface area contributed by atoms with E-state index in [4.69, 9.17) is 5.73 Å². The number of nitrogens with zero attached hydrogens (tertiary/aromatic N) is 3. The molecule has 0 saturated heterocycles. The number of fused-ring (bicyclic) bond motifs is 1. The van der Waals surface area contributed by atoms with E-state index in [0.717, 1.165) is 25.9 Å². The fourth-order valence-electron chi connectivity index (χ4n) is 3.40. The van der Waals surface area contributed by atoms with Crippen LogP contribution in [0, 0.1) is 0 Å². The SMILES string of the molecule is CC(N)C(c1cnn(C)c1)N1CCc2ccccc2CC1. The molecular formula is C17H24N4. The Bertz CT molecular complexity index is 575. The summed E-state index contributed by atoms with van der Waals surface area (Å²) < 4.78 is 1.86. The second-order valence-corrected chi connectivity index (χ2v) is 6.06. The highest BCUT2D eigenvalue weighted by atomic mass is 15.3. The minimum atomic E-state index is 0.0930. The third kappa shape index (κ3) is 3.01. The van der Waals surface area contributed by atoms with Crippen molar-refractivity contribution in [2.45, 2.75) is 31.8 Å². The summed E-state index contributed by atoms with van der Waals surface area (Å²) in [5.74, 6) is 0. The van der Waals surface area contributed by atoms with Gasteiger partial charge in [0.2, 0.25) is 0 Å². The first kappa shape index (κ1) is 14.3. The van der Waals surface area contributed by atoms with Gasteiger partial charge >= 0.3 is 0 Å². The maximum atomic E-state index is 6.29. The Morgan fingerprint density at radius 2 is 1.76 bits per heavy atom. The summed E-state index contributed by atoms with van der Waals surface area (Å²) in [6.45, 7) is 4.20. The molecule has 0 spiro atoms. The summed E-state index contributed by atoms with van der Waals surface area (Å²) in [5, 5.41) is 4.31. The number of aryl methyl sites for hydroxylation is 1. The van der Waals surface area contributed by atoms with Crippen LogP contribution >= 0.6 is 0 Å². The van der Waals surface area contributed by atoms with Crippen molar-refractivity contribution in [1.82, 2.24) is 14.7 Å². The van der Waals surface area contributed by atoms with Gasteiger partial charge in [0.15, 0.2) is 0 Å². The number of benzene rings is 1. The molecule has 4 nitrogen and oxygen atoms in total. The van der Waals surface area contributed by atoms with Gasteiger partial charge in [-0.2, -0.15) is 5.10 Å². The van der Waals surface area contributed by atoms with E-state index in [0.29, 0.717) is 0 Å². The Morgan fingerprint density at radius 3 is 2.24 bits per heavy atom. The highest BCUT2D eigenvalue weighted by molar-refractivity contribution is 5.29. The maximum absolute atomic E-state index is 6.29. The van der Waals surface area contributed by atoms with E-state index in [2.05, 4.69) is 47.4 Å². The van der Waals surface area contributed by atoms with Crippen LogP contribution in [0.15, 0.2) is 36.7 Å². The van der Waals surface area contributed by atoms with Crippen LogP contribution in [0.3, 0.4) is 0 Å². The molecule has 2 N–H and O–H groups in total. The maximum Gasteiger partial charge on any atom is 0.0538 e. The summed E-state index contributed by atoms with van der Waals surface area (Å²) in [5.41, 5.74) is 10.5. The summed E-state index contributed by atoms with van der Waals surface area (Å²) >= 11 is 0. The fourth-order valence-corrected chi connectivity index (χ4v) is 3.40. The van der Waals surface area contributed by atoms with Crippen LogP contribution in [-0.2, 0) is 19.9 Å². The molecule has 112 valence electrons. The average molecular weight is 284 g/mol. The zero-order chi connectivity index (χ0) is 14.8. The predicted octanol–water partition coefficient (Wildman–Crippen LogP) is 1.91. The van der Waals surface area contributed by atoms with E-state index in [1.165, 1.54) is 16.7 Å². The highest BCUT2D eigenvalue weighted by Gasteiger charge is 2.26. The number of nitrogens with two attached hydrogens (primary N) is 1. The molecule has 4 heteroatoms. The second kappa shape index (κ2) is 6.00. The minimum absolute atomic E-state index is 0.0930. The van der Waals surface area contributed by atoms with E-state index in [9.17, 15) is 0 Å². The Morgan fingerprint density at radius 1 is 1.14 bits per heavy atom. The van der Waals surface area contributed by atoms with E-state index >= 15 is 0 Å². The number of aromatic nitrogens is 2. The molecule has 2 heterocycles. The van der Waals surface area contributed by atoms with Gasteiger partial charge in [0.25, 0.3) is 0 Å². The quantitative estimate of drug-likeness (QED) is 0.936. The van der Waals surface area contributed by atoms with Crippen LogP contribution in [0.1, 0.15) is 29.7 Å². The van der Waals surface area contributed by atoms with E-state index < -0.39 is 0 Å². The number of rotatable bonds is 3. The zero-order valence-corrected chi connectivity index (χ0v) is 12.9. The van der Waals surface area contributed by atoms with Crippen LogP contribution < -0.4 is 5.73 Å². The first-order chi connectivity index (χ1) is 10.1. The normalized spacial score (nSPS) is 18.8.